The average molecular weight is 453 g/mol. The highest BCUT2D eigenvalue weighted by molar-refractivity contribution is 9.10. The van der Waals surface area contributed by atoms with Crippen molar-refractivity contribution in [2.75, 3.05) is 11.1 Å². The van der Waals surface area contributed by atoms with Crippen molar-refractivity contribution in [3.8, 4) is 0 Å². The number of hydrogen-bond acceptors (Lipinski definition) is 5. The van der Waals surface area contributed by atoms with Crippen molar-refractivity contribution < 1.29 is 13.2 Å². The molecule has 1 N–H and O–H groups in total. The lowest BCUT2D eigenvalue weighted by atomic mass is 10.2. The highest BCUT2D eigenvalue weighted by atomic mass is 79.9. The van der Waals surface area contributed by atoms with Crippen molar-refractivity contribution in [2.45, 2.75) is 24.7 Å². The predicted molar refractivity (Wildman–Crippen MR) is 108 cm³/mol. The van der Waals surface area contributed by atoms with Gasteiger partial charge in [0, 0.05) is 10.9 Å². The van der Waals surface area contributed by atoms with Gasteiger partial charge in [0.15, 0.2) is 15.0 Å². The molecule has 0 saturated heterocycles. The summed E-state index contributed by atoms with van der Waals surface area (Å²) in [6.45, 7) is 1.90. The van der Waals surface area contributed by atoms with Gasteiger partial charge in [0.1, 0.15) is 0 Å². The summed E-state index contributed by atoms with van der Waals surface area (Å²) >= 11 is 4.82. The van der Waals surface area contributed by atoms with Crippen molar-refractivity contribution >= 4 is 58.4 Å². The lowest BCUT2D eigenvalue weighted by Crippen LogP contribution is -2.14. The summed E-state index contributed by atoms with van der Waals surface area (Å²) in [5, 5.41) is 3.26. The second-order valence-corrected chi connectivity index (χ2v) is 9.88. The molecule has 0 spiro atoms. The predicted octanol–water partition coefficient (Wildman–Crippen LogP) is 4.56. The van der Waals surface area contributed by atoms with Gasteiger partial charge in [0.2, 0.25) is 5.91 Å². The fourth-order valence-electron chi connectivity index (χ4n) is 2.44. The molecule has 1 amide bonds. The third-order valence-corrected chi connectivity index (χ3v) is 7.21. The molecule has 0 aliphatic carbocycles. The number of carbonyl (C=O) groups excluding carboxylic acids is 1. The monoisotopic (exact) mass is 452 g/mol. The Kier molecular flexibility index (Phi) is 5.74. The highest BCUT2D eigenvalue weighted by Crippen LogP contribution is 2.30. The Balaban J connectivity index is 1.56. The number of thiazole rings is 1. The Labute approximate surface area is 164 Å². The number of rotatable bonds is 6. The van der Waals surface area contributed by atoms with Gasteiger partial charge in [-0.2, -0.15) is 0 Å². The summed E-state index contributed by atoms with van der Waals surface area (Å²) in [5.41, 5.74) is 1.81. The van der Waals surface area contributed by atoms with Crippen molar-refractivity contribution in [1.82, 2.24) is 4.98 Å². The largest absolute Gasteiger partial charge is 0.302 e. The van der Waals surface area contributed by atoms with E-state index in [4.69, 9.17) is 0 Å². The van der Waals surface area contributed by atoms with Crippen LogP contribution in [0.3, 0.4) is 0 Å². The Morgan fingerprint density at radius 1 is 1.19 bits per heavy atom. The molecule has 0 fully saturated rings. The molecular weight excluding hydrogens is 436 g/mol. The summed E-state index contributed by atoms with van der Waals surface area (Å²) in [5.74, 6) is -0.297. The summed E-state index contributed by atoms with van der Waals surface area (Å²) in [6, 6.07) is 12.5. The lowest BCUT2D eigenvalue weighted by molar-refractivity contribution is -0.116. The van der Waals surface area contributed by atoms with Crippen LogP contribution in [0.2, 0.25) is 0 Å². The zero-order valence-electron chi connectivity index (χ0n) is 14.0. The van der Waals surface area contributed by atoms with Crippen LogP contribution in [0.4, 0.5) is 5.13 Å². The van der Waals surface area contributed by atoms with E-state index in [0.717, 1.165) is 20.3 Å². The van der Waals surface area contributed by atoms with Gasteiger partial charge in [-0.25, -0.2) is 13.4 Å². The minimum Gasteiger partial charge on any atom is -0.302 e. The zero-order valence-corrected chi connectivity index (χ0v) is 17.2. The van der Waals surface area contributed by atoms with Crippen LogP contribution >= 0.6 is 27.3 Å². The minimum atomic E-state index is -3.37. The van der Waals surface area contributed by atoms with Crippen LogP contribution in [0.25, 0.3) is 10.2 Å². The molecule has 0 atom stereocenters. The van der Waals surface area contributed by atoms with E-state index in [1.165, 1.54) is 11.3 Å². The summed E-state index contributed by atoms with van der Waals surface area (Å²) in [6.07, 6.45) is 0.388. The van der Waals surface area contributed by atoms with Gasteiger partial charge in [-0.15, -0.1) is 0 Å². The van der Waals surface area contributed by atoms with Crippen molar-refractivity contribution in [2.24, 2.45) is 0 Å². The smallest absolute Gasteiger partial charge is 0.226 e. The van der Waals surface area contributed by atoms with Crippen molar-refractivity contribution in [3.63, 3.8) is 0 Å². The van der Waals surface area contributed by atoms with Gasteiger partial charge in [-0.3, -0.25) is 4.79 Å². The molecule has 0 radical (unpaired) electrons. The number of fused-ring (bicyclic) bond motifs is 1. The van der Waals surface area contributed by atoms with Gasteiger partial charge in [0.25, 0.3) is 0 Å². The zero-order chi connectivity index (χ0) is 18.7. The molecule has 0 aliphatic heterocycles. The molecule has 3 aromatic rings. The van der Waals surface area contributed by atoms with Crippen LogP contribution in [0.15, 0.2) is 51.8 Å². The third-order valence-electron chi connectivity index (χ3n) is 3.81. The van der Waals surface area contributed by atoms with Gasteiger partial charge in [0.05, 0.1) is 20.9 Å². The molecule has 0 aliphatic rings. The SMILES string of the molecule is Cc1ccc(S(=O)(=O)CCCC(=O)Nc2nc3c(Br)cccc3s2)cc1. The van der Waals surface area contributed by atoms with E-state index < -0.39 is 9.84 Å². The molecule has 8 heteroatoms. The van der Waals surface area contributed by atoms with E-state index in [-0.39, 0.29) is 24.5 Å². The second kappa shape index (κ2) is 7.85. The number of halogens is 1. The molecule has 26 heavy (non-hydrogen) atoms. The topological polar surface area (TPSA) is 76.1 Å². The molecule has 1 heterocycles. The first-order valence-corrected chi connectivity index (χ1v) is 11.3. The molecule has 2 aromatic carbocycles. The van der Waals surface area contributed by atoms with E-state index in [0.29, 0.717) is 10.0 Å². The van der Waals surface area contributed by atoms with Gasteiger partial charge >= 0.3 is 0 Å². The fraction of sp³-hybridized carbons (Fsp3) is 0.222. The molecule has 1 aromatic heterocycles. The number of para-hydroxylation sites is 1. The second-order valence-electron chi connectivity index (χ2n) is 5.89. The van der Waals surface area contributed by atoms with Crippen LogP contribution in [-0.2, 0) is 14.6 Å². The standard InChI is InChI=1S/C18H17BrN2O3S2/c1-12-7-9-13(10-8-12)26(23,24)11-3-6-16(22)20-18-21-17-14(19)4-2-5-15(17)25-18/h2,4-5,7-10H,3,6,11H2,1H3,(H,20,21,22). The number of amides is 1. The molecule has 0 unspecified atom stereocenters. The van der Waals surface area contributed by atoms with E-state index >= 15 is 0 Å². The summed E-state index contributed by atoms with van der Waals surface area (Å²) < 4.78 is 26.4. The quantitative estimate of drug-likeness (QED) is 0.594. The number of anilines is 1. The average Bonchev–Trinajstić information content (AvgIpc) is 2.99. The van der Waals surface area contributed by atoms with Crippen molar-refractivity contribution in [3.05, 3.63) is 52.5 Å². The molecule has 0 bridgehead atoms. The van der Waals surface area contributed by atoms with E-state index in [1.807, 2.05) is 25.1 Å². The Morgan fingerprint density at radius 2 is 1.92 bits per heavy atom. The highest BCUT2D eigenvalue weighted by Gasteiger charge is 2.15. The normalized spacial score (nSPS) is 11.6. The first-order chi connectivity index (χ1) is 12.3. The van der Waals surface area contributed by atoms with Crippen LogP contribution in [0.1, 0.15) is 18.4 Å². The summed E-state index contributed by atoms with van der Waals surface area (Å²) in [7, 11) is -3.37. The molecule has 3 rings (SSSR count). The Bertz CT molecular complexity index is 1040. The van der Waals surface area contributed by atoms with Crippen molar-refractivity contribution in [1.29, 1.82) is 0 Å². The van der Waals surface area contributed by atoms with Gasteiger partial charge in [-0.05, 0) is 53.5 Å². The molecular formula is C18H17BrN2O3S2. The number of carbonyl (C=O) groups is 1. The number of nitrogens with zero attached hydrogens (tertiary/aromatic N) is 1. The molecule has 136 valence electrons. The van der Waals surface area contributed by atoms with Gasteiger partial charge in [-0.1, -0.05) is 35.1 Å². The summed E-state index contributed by atoms with van der Waals surface area (Å²) in [4.78, 5) is 16.8. The van der Waals surface area contributed by atoms with Gasteiger partial charge < -0.3 is 5.32 Å². The van der Waals surface area contributed by atoms with E-state index in [2.05, 4.69) is 26.2 Å². The van der Waals surface area contributed by atoms with Crippen LogP contribution in [-0.4, -0.2) is 25.1 Å². The number of hydrogen-bond donors (Lipinski definition) is 1. The number of aromatic nitrogens is 1. The first-order valence-electron chi connectivity index (χ1n) is 7.99. The van der Waals surface area contributed by atoms with Crippen LogP contribution in [0.5, 0.6) is 0 Å². The number of aryl methyl sites for hydroxylation is 1. The molecule has 5 nitrogen and oxygen atoms in total. The maximum absolute atomic E-state index is 12.3. The lowest BCUT2D eigenvalue weighted by Gasteiger charge is -2.05. The van der Waals surface area contributed by atoms with E-state index in [9.17, 15) is 13.2 Å². The third kappa shape index (κ3) is 4.49. The maximum atomic E-state index is 12.3. The first kappa shape index (κ1) is 19.0. The Hall–Kier alpha value is -1.77. The molecule has 0 saturated carbocycles. The van der Waals surface area contributed by atoms with Crippen LogP contribution in [0, 0.1) is 6.92 Å². The number of nitrogens with one attached hydrogen (secondary N) is 1. The fourth-order valence-corrected chi connectivity index (χ4v) is 5.24. The number of benzene rings is 2. The van der Waals surface area contributed by atoms with E-state index in [1.54, 1.807) is 24.3 Å². The Morgan fingerprint density at radius 3 is 2.62 bits per heavy atom. The van der Waals surface area contributed by atoms with Crippen LogP contribution < -0.4 is 5.32 Å². The minimum absolute atomic E-state index is 0.0606. The number of sulfone groups is 1. The maximum Gasteiger partial charge on any atom is 0.226 e.